The number of hydrogen-bond donors (Lipinski definition) is 1. The lowest BCUT2D eigenvalue weighted by atomic mass is 10.1. The minimum absolute atomic E-state index is 0.136. The fourth-order valence-corrected chi connectivity index (χ4v) is 3.31. The van der Waals surface area contributed by atoms with Gasteiger partial charge in [-0.2, -0.15) is 5.01 Å². The van der Waals surface area contributed by atoms with Gasteiger partial charge in [0, 0.05) is 16.8 Å². The molecule has 0 saturated heterocycles. The lowest BCUT2D eigenvalue weighted by Gasteiger charge is -2.21. The SMILES string of the molecule is CC(=O)c1ccccc1COC(=O)N(CC(=O)Nc1ccccc1)n1nnc2ccccc21. The highest BCUT2D eigenvalue weighted by atomic mass is 16.6. The number of rotatable bonds is 7. The van der Waals surface area contributed by atoms with Crippen molar-refractivity contribution < 1.29 is 19.1 Å². The number of anilines is 1. The van der Waals surface area contributed by atoms with Crippen LogP contribution in [0, 0.1) is 0 Å². The van der Waals surface area contributed by atoms with Gasteiger partial charge in [-0.3, -0.25) is 9.59 Å². The monoisotopic (exact) mass is 443 g/mol. The van der Waals surface area contributed by atoms with Crippen LogP contribution in [0.4, 0.5) is 10.5 Å². The van der Waals surface area contributed by atoms with Crippen molar-refractivity contribution in [3.05, 3.63) is 90.0 Å². The maximum absolute atomic E-state index is 13.1. The van der Waals surface area contributed by atoms with E-state index in [9.17, 15) is 14.4 Å². The van der Waals surface area contributed by atoms with Crippen LogP contribution in [0.2, 0.25) is 0 Å². The van der Waals surface area contributed by atoms with E-state index in [0.717, 1.165) is 5.01 Å². The second kappa shape index (κ2) is 9.73. The third kappa shape index (κ3) is 5.04. The van der Waals surface area contributed by atoms with Gasteiger partial charge in [0.1, 0.15) is 24.2 Å². The third-order valence-electron chi connectivity index (χ3n) is 4.87. The van der Waals surface area contributed by atoms with Gasteiger partial charge in [0.25, 0.3) is 0 Å². The molecule has 1 N–H and O–H groups in total. The molecule has 0 aliphatic rings. The zero-order valence-corrected chi connectivity index (χ0v) is 17.8. The second-order valence-electron chi connectivity index (χ2n) is 7.21. The first kappa shape index (κ1) is 21.7. The molecule has 0 fully saturated rings. The number of carbonyl (C=O) groups excluding carboxylic acids is 3. The molecule has 33 heavy (non-hydrogen) atoms. The fourth-order valence-electron chi connectivity index (χ4n) is 3.31. The van der Waals surface area contributed by atoms with Gasteiger partial charge < -0.3 is 10.1 Å². The minimum Gasteiger partial charge on any atom is -0.443 e. The van der Waals surface area contributed by atoms with Gasteiger partial charge in [0.2, 0.25) is 5.91 Å². The molecule has 0 radical (unpaired) electrons. The van der Waals surface area contributed by atoms with E-state index in [2.05, 4.69) is 15.6 Å². The molecule has 3 aromatic carbocycles. The molecule has 4 rings (SSSR count). The summed E-state index contributed by atoms with van der Waals surface area (Å²) in [6.45, 7) is 0.940. The molecule has 0 aliphatic carbocycles. The summed E-state index contributed by atoms with van der Waals surface area (Å²) >= 11 is 0. The van der Waals surface area contributed by atoms with Crippen molar-refractivity contribution in [2.75, 3.05) is 16.9 Å². The third-order valence-corrected chi connectivity index (χ3v) is 4.87. The number of benzene rings is 3. The van der Waals surface area contributed by atoms with E-state index in [1.807, 2.05) is 6.07 Å². The lowest BCUT2D eigenvalue weighted by Crippen LogP contribution is -2.46. The molecular weight excluding hydrogens is 422 g/mol. The van der Waals surface area contributed by atoms with Gasteiger partial charge in [-0.05, 0) is 36.4 Å². The number of nitrogens with zero attached hydrogens (tertiary/aromatic N) is 4. The van der Waals surface area contributed by atoms with Crippen LogP contribution in [-0.2, 0) is 16.1 Å². The topological polar surface area (TPSA) is 106 Å². The highest BCUT2D eigenvalue weighted by Gasteiger charge is 2.24. The van der Waals surface area contributed by atoms with E-state index < -0.39 is 12.0 Å². The Hall–Kier alpha value is -4.53. The smallest absolute Gasteiger partial charge is 0.431 e. The molecule has 0 bridgehead atoms. The van der Waals surface area contributed by atoms with E-state index in [4.69, 9.17) is 4.74 Å². The molecule has 2 amide bonds. The van der Waals surface area contributed by atoms with Crippen molar-refractivity contribution in [3.8, 4) is 0 Å². The fraction of sp³-hybridized carbons (Fsp3) is 0.125. The summed E-state index contributed by atoms with van der Waals surface area (Å²) in [5, 5.41) is 11.9. The molecule has 4 aromatic rings. The normalized spacial score (nSPS) is 10.6. The molecule has 9 heteroatoms. The van der Waals surface area contributed by atoms with Gasteiger partial charge in [-0.15, -0.1) is 9.89 Å². The summed E-state index contributed by atoms with van der Waals surface area (Å²) in [5.41, 5.74) is 2.71. The van der Waals surface area contributed by atoms with Crippen molar-refractivity contribution >= 4 is 34.5 Å². The van der Waals surface area contributed by atoms with E-state index in [-0.39, 0.29) is 18.9 Å². The number of fused-ring (bicyclic) bond motifs is 1. The predicted octanol–water partition coefficient (Wildman–Crippen LogP) is 3.55. The van der Waals surface area contributed by atoms with E-state index in [0.29, 0.717) is 27.8 Å². The van der Waals surface area contributed by atoms with Crippen LogP contribution in [0.5, 0.6) is 0 Å². The molecule has 0 atom stereocenters. The summed E-state index contributed by atoms with van der Waals surface area (Å²) in [6.07, 6.45) is -0.813. The zero-order chi connectivity index (χ0) is 23.2. The van der Waals surface area contributed by atoms with Gasteiger partial charge in [0.15, 0.2) is 5.78 Å². The Labute approximate surface area is 189 Å². The molecule has 0 aliphatic heterocycles. The number of carbonyl (C=O) groups is 3. The Kier molecular flexibility index (Phi) is 6.40. The first-order valence-electron chi connectivity index (χ1n) is 10.2. The van der Waals surface area contributed by atoms with Gasteiger partial charge in [-0.25, -0.2) is 4.79 Å². The minimum atomic E-state index is -0.813. The number of amides is 2. The van der Waals surface area contributed by atoms with Gasteiger partial charge in [0.05, 0.1) is 0 Å². The van der Waals surface area contributed by atoms with Crippen molar-refractivity contribution in [3.63, 3.8) is 0 Å². The summed E-state index contributed by atoms with van der Waals surface area (Å²) in [4.78, 5) is 38.9. The average Bonchev–Trinajstić information content (AvgIpc) is 3.25. The number of ether oxygens (including phenoxy) is 1. The van der Waals surface area contributed by atoms with Crippen LogP contribution in [0.15, 0.2) is 78.9 Å². The highest BCUT2D eigenvalue weighted by Crippen LogP contribution is 2.14. The molecule has 0 spiro atoms. The van der Waals surface area contributed by atoms with Crippen molar-refractivity contribution in [1.82, 2.24) is 15.1 Å². The van der Waals surface area contributed by atoms with Crippen LogP contribution >= 0.6 is 0 Å². The Morgan fingerprint density at radius 2 is 1.64 bits per heavy atom. The Morgan fingerprint density at radius 1 is 0.939 bits per heavy atom. The highest BCUT2D eigenvalue weighted by molar-refractivity contribution is 5.98. The average molecular weight is 443 g/mol. The maximum atomic E-state index is 13.1. The molecule has 0 unspecified atom stereocenters. The van der Waals surface area contributed by atoms with Gasteiger partial charge >= 0.3 is 6.09 Å². The zero-order valence-electron chi connectivity index (χ0n) is 17.8. The van der Waals surface area contributed by atoms with Crippen LogP contribution in [0.3, 0.4) is 0 Å². The molecule has 9 nitrogen and oxygen atoms in total. The Morgan fingerprint density at radius 3 is 2.42 bits per heavy atom. The Bertz CT molecular complexity index is 1300. The second-order valence-corrected chi connectivity index (χ2v) is 7.21. The standard InChI is InChI=1S/C24H21N5O4/c1-17(30)20-12-6-5-9-18(20)16-33-24(32)28(15-23(31)25-19-10-3-2-4-11-19)29-22-14-8-7-13-21(22)26-27-29/h2-14H,15-16H2,1H3,(H,25,31). The largest absolute Gasteiger partial charge is 0.443 e. The van der Waals surface area contributed by atoms with Crippen molar-refractivity contribution in [2.45, 2.75) is 13.5 Å². The summed E-state index contributed by atoms with van der Waals surface area (Å²) in [7, 11) is 0. The number of hydrogen-bond acceptors (Lipinski definition) is 6. The summed E-state index contributed by atoms with van der Waals surface area (Å²) in [5.74, 6) is -0.579. The Balaban J connectivity index is 1.58. The van der Waals surface area contributed by atoms with Crippen molar-refractivity contribution in [1.29, 1.82) is 0 Å². The quantitative estimate of drug-likeness (QED) is 0.438. The lowest BCUT2D eigenvalue weighted by molar-refractivity contribution is -0.115. The first-order chi connectivity index (χ1) is 16.0. The molecule has 1 heterocycles. The van der Waals surface area contributed by atoms with E-state index in [1.54, 1.807) is 72.8 Å². The number of nitrogens with one attached hydrogen (secondary N) is 1. The van der Waals surface area contributed by atoms with Crippen LogP contribution in [0.25, 0.3) is 11.0 Å². The summed E-state index contributed by atoms with van der Waals surface area (Å²) in [6, 6.07) is 22.8. The maximum Gasteiger partial charge on any atom is 0.431 e. The number of ketones is 1. The number of Topliss-reactive ketones (excluding diaryl/α,β-unsaturated/α-hetero) is 1. The first-order valence-corrected chi connectivity index (χ1v) is 10.2. The van der Waals surface area contributed by atoms with Crippen LogP contribution < -0.4 is 10.3 Å². The van der Waals surface area contributed by atoms with E-state index >= 15 is 0 Å². The molecule has 0 saturated carbocycles. The summed E-state index contributed by atoms with van der Waals surface area (Å²) < 4.78 is 5.47. The molecular formula is C24H21N5O4. The molecule has 1 aromatic heterocycles. The van der Waals surface area contributed by atoms with Crippen LogP contribution in [-0.4, -0.2) is 39.4 Å². The van der Waals surface area contributed by atoms with Gasteiger partial charge in [-0.1, -0.05) is 54.6 Å². The molecule has 166 valence electrons. The van der Waals surface area contributed by atoms with E-state index in [1.165, 1.54) is 11.7 Å². The number of para-hydroxylation sites is 2. The van der Waals surface area contributed by atoms with Crippen molar-refractivity contribution in [2.24, 2.45) is 0 Å². The number of aromatic nitrogens is 3. The van der Waals surface area contributed by atoms with Crippen LogP contribution in [0.1, 0.15) is 22.8 Å². The predicted molar refractivity (Wildman–Crippen MR) is 122 cm³/mol.